The molecule has 0 heterocycles. The molecular formula is C87H167N3O4. The Balaban J connectivity index is 0.0000307. The van der Waals surface area contributed by atoms with Gasteiger partial charge in [-0.1, -0.05) is 375 Å². The van der Waals surface area contributed by atoms with Crippen LogP contribution >= 0.6 is 0 Å². The SMILES string of the molecule is CCCCCCCCC1CC(CCCCCCC(=O)N[C@H]2CCCC[C@@H]2NC(=O)CCCCCCCCCCCCCCCC(C)C)C(CCCCCCC(=O)N[C@@H]2CCCC[C@H]2CC(=O)CCCCCCCCCCCCCCCC(C)C)CC1CCCCCCCC.[HH]. The van der Waals surface area contributed by atoms with Crippen LogP contribution in [0.5, 0.6) is 0 Å². The first-order valence-electron chi connectivity index (χ1n) is 43.4. The Hall–Kier alpha value is -1.92. The third-order valence-electron chi connectivity index (χ3n) is 23.5. The van der Waals surface area contributed by atoms with Gasteiger partial charge in [0.25, 0.3) is 0 Å². The van der Waals surface area contributed by atoms with Gasteiger partial charge in [0.15, 0.2) is 0 Å². The number of carbonyl (C=O) groups excluding carboxylic acids is 4. The van der Waals surface area contributed by atoms with Crippen LogP contribution in [0.15, 0.2) is 0 Å². The zero-order valence-corrected chi connectivity index (χ0v) is 64.3. The fourth-order valence-corrected chi connectivity index (χ4v) is 17.4. The van der Waals surface area contributed by atoms with Crippen molar-refractivity contribution in [2.75, 3.05) is 0 Å². The summed E-state index contributed by atoms with van der Waals surface area (Å²) in [5.41, 5.74) is 0. The summed E-state index contributed by atoms with van der Waals surface area (Å²) in [5.74, 6) is 6.46. The Morgan fingerprint density at radius 3 is 0.840 bits per heavy atom. The highest BCUT2D eigenvalue weighted by Crippen LogP contribution is 2.47. The highest BCUT2D eigenvalue weighted by atomic mass is 16.2. The largest absolute Gasteiger partial charge is 0.353 e. The van der Waals surface area contributed by atoms with E-state index in [1.54, 1.807) is 0 Å². The summed E-state index contributed by atoms with van der Waals surface area (Å²) >= 11 is 0. The molecule has 7 nitrogen and oxygen atoms in total. The van der Waals surface area contributed by atoms with Crippen molar-refractivity contribution in [2.24, 2.45) is 41.4 Å². The Morgan fingerprint density at radius 1 is 0.287 bits per heavy atom. The van der Waals surface area contributed by atoms with Crippen molar-refractivity contribution < 1.29 is 20.6 Å². The Kier molecular flexibility index (Phi) is 56.0. The summed E-state index contributed by atoms with van der Waals surface area (Å²) < 4.78 is 0. The molecule has 4 unspecified atom stereocenters. The lowest BCUT2D eigenvalue weighted by Gasteiger charge is -2.42. The normalized spacial score (nSPS) is 20.9. The fraction of sp³-hybridized carbons (Fsp3) is 0.954. The first kappa shape index (κ1) is 86.3. The average molecular weight is 1320 g/mol. The molecule has 0 saturated heterocycles. The number of ketones is 1. The van der Waals surface area contributed by atoms with Gasteiger partial charge in [0, 0.05) is 51.7 Å². The number of Topliss-reactive ketones (excluding diaryl/α,β-unsaturated/α-hetero) is 1. The quantitative estimate of drug-likeness (QED) is 0.0528. The van der Waals surface area contributed by atoms with Gasteiger partial charge >= 0.3 is 0 Å². The van der Waals surface area contributed by atoms with Gasteiger partial charge < -0.3 is 16.0 Å². The molecule has 3 aliphatic rings. The average Bonchev–Trinajstić information content (AvgIpc) is 0.903. The number of rotatable bonds is 65. The summed E-state index contributed by atoms with van der Waals surface area (Å²) in [6, 6.07) is 0.316. The van der Waals surface area contributed by atoms with Gasteiger partial charge in [0.05, 0.1) is 0 Å². The second kappa shape index (κ2) is 61.0. The molecule has 8 atom stereocenters. The summed E-state index contributed by atoms with van der Waals surface area (Å²) in [7, 11) is 0. The second-order valence-electron chi connectivity index (χ2n) is 33.2. The molecule has 3 saturated carbocycles. The molecule has 0 aromatic rings. The zero-order valence-electron chi connectivity index (χ0n) is 64.3. The lowest BCUT2D eigenvalue weighted by atomic mass is 9.63. The highest BCUT2D eigenvalue weighted by Gasteiger charge is 2.36. The number of unbranched alkanes of at least 4 members (excludes halogenated alkanes) is 40. The third kappa shape index (κ3) is 48.0. The lowest BCUT2D eigenvalue weighted by molar-refractivity contribution is -0.125. The van der Waals surface area contributed by atoms with Crippen molar-refractivity contribution >= 4 is 23.5 Å². The van der Waals surface area contributed by atoms with Gasteiger partial charge in [0.2, 0.25) is 17.7 Å². The Morgan fingerprint density at radius 2 is 0.532 bits per heavy atom. The van der Waals surface area contributed by atoms with Gasteiger partial charge in [0.1, 0.15) is 5.78 Å². The predicted molar refractivity (Wildman–Crippen MR) is 411 cm³/mol. The van der Waals surface area contributed by atoms with E-state index in [-0.39, 0.29) is 37.3 Å². The molecule has 7 heteroatoms. The molecular weight excluding hydrogens is 1150 g/mol. The van der Waals surface area contributed by atoms with Crippen LogP contribution in [0, 0.1) is 41.4 Å². The van der Waals surface area contributed by atoms with Crippen LogP contribution in [0.4, 0.5) is 0 Å². The van der Waals surface area contributed by atoms with Crippen molar-refractivity contribution in [3.8, 4) is 0 Å². The van der Waals surface area contributed by atoms with Crippen LogP contribution in [0.2, 0.25) is 0 Å². The monoisotopic (exact) mass is 1320 g/mol. The van der Waals surface area contributed by atoms with Gasteiger partial charge in [-0.05, 0) is 106 Å². The van der Waals surface area contributed by atoms with E-state index in [1.807, 2.05) is 0 Å². The molecule has 94 heavy (non-hydrogen) atoms. The summed E-state index contributed by atoms with van der Waals surface area (Å²) in [6.45, 7) is 14.0. The number of amides is 3. The third-order valence-corrected chi connectivity index (χ3v) is 23.5. The fourth-order valence-electron chi connectivity index (χ4n) is 17.4. The molecule has 3 N–H and O–H groups in total. The Bertz CT molecular complexity index is 1630. The molecule has 0 radical (unpaired) electrons. The smallest absolute Gasteiger partial charge is 0.220 e. The standard InChI is InChI=1S/C87H165N3O4.H2/c1-7-9-11-13-35-45-59-76-71-78(61-47-39-41-51-68-85(92)88-82-65-54-53-63-80(82)73-81(91)64-49-37-31-27-23-19-15-17-21-25-29-33-43-57-74(3)4)79(72-77(76)60-46-36-14-12-10-8-2)62-48-40-42-52-70-87(94)90-84-67-56-55-66-83(84)89-86(93)69-50-38-32-28-24-20-16-18-22-26-30-34-44-58-75(5)6;/h74-80,82-84H,7-73H2,1-6H3,(H,88,92)(H,89,93)(H,90,94);1H/t76?,77?,78?,79?,80-,82+,83-,84-;/m0./s1. The van der Waals surface area contributed by atoms with E-state index in [9.17, 15) is 19.2 Å². The molecule has 0 aromatic heterocycles. The van der Waals surface area contributed by atoms with E-state index < -0.39 is 0 Å². The predicted octanol–water partition coefficient (Wildman–Crippen LogP) is 26.9. The van der Waals surface area contributed by atoms with Crippen molar-refractivity contribution in [2.45, 2.75) is 490 Å². The molecule has 3 amide bonds. The number of hydrogen-bond donors (Lipinski definition) is 3. The van der Waals surface area contributed by atoms with E-state index in [1.165, 1.54) is 315 Å². The zero-order chi connectivity index (χ0) is 67.6. The molecule has 0 bridgehead atoms. The number of hydrogen-bond acceptors (Lipinski definition) is 4. The van der Waals surface area contributed by atoms with E-state index in [2.05, 4.69) is 57.5 Å². The van der Waals surface area contributed by atoms with Crippen LogP contribution < -0.4 is 16.0 Å². The first-order chi connectivity index (χ1) is 46.0. The summed E-state index contributed by atoms with van der Waals surface area (Å²) in [5, 5.41) is 10.3. The van der Waals surface area contributed by atoms with Gasteiger partial charge in [-0.2, -0.15) is 0 Å². The number of carbonyl (C=O) groups is 4. The van der Waals surface area contributed by atoms with Crippen molar-refractivity contribution in [1.82, 2.24) is 16.0 Å². The first-order valence-corrected chi connectivity index (χ1v) is 43.4. The van der Waals surface area contributed by atoms with Crippen LogP contribution in [-0.2, 0) is 19.2 Å². The number of nitrogens with one attached hydrogen (secondary N) is 3. The maximum Gasteiger partial charge on any atom is 0.220 e. The molecule has 0 spiro atoms. The molecule has 3 rings (SSSR count). The maximum atomic E-state index is 13.5. The topological polar surface area (TPSA) is 104 Å². The van der Waals surface area contributed by atoms with Gasteiger partial charge in [-0.25, -0.2) is 0 Å². The highest BCUT2D eigenvalue weighted by molar-refractivity contribution is 5.79. The molecule has 3 fully saturated rings. The minimum absolute atomic E-state index is 0. The minimum atomic E-state index is 0. The van der Waals surface area contributed by atoms with Crippen LogP contribution in [0.1, 0.15) is 473 Å². The van der Waals surface area contributed by atoms with E-state index >= 15 is 0 Å². The van der Waals surface area contributed by atoms with Crippen molar-refractivity contribution in [3.05, 3.63) is 0 Å². The van der Waals surface area contributed by atoms with Crippen LogP contribution in [0.25, 0.3) is 0 Å². The van der Waals surface area contributed by atoms with Crippen molar-refractivity contribution in [3.63, 3.8) is 0 Å². The Labute approximate surface area is 588 Å². The van der Waals surface area contributed by atoms with Gasteiger partial charge in [-0.3, -0.25) is 19.2 Å². The second-order valence-corrected chi connectivity index (χ2v) is 33.2. The molecule has 554 valence electrons. The van der Waals surface area contributed by atoms with Gasteiger partial charge in [-0.15, -0.1) is 0 Å². The maximum absolute atomic E-state index is 13.5. The van der Waals surface area contributed by atoms with E-state index in [0.29, 0.717) is 37.4 Å². The van der Waals surface area contributed by atoms with Crippen LogP contribution in [0.3, 0.4) is 0 Å². The molecule has 3 aliphatic carbocycles. The van der Waals surface area contributed by atoms with E-state index in [4.69, 9.17) is 0 Å². The van der Waals surface area contributed by atoms with E-state index in [0.717, 1.165) is 125 Å². The molecule has 0 aromatic carbocycles. The van der Waals surface area contributed by atoms with Crippen LogP contribution in [-0.4, -0.2) is 41.6 Å². The molecule has 0 aliphatic heterocycles. The summed E-state index contributed by atoms with van der Waals surface area (Å²) in [4.78, 5) is 53.3. The minimum Gasteiger partial charge on any atom is -0.353 e. The lowest BCUT2D eigenvalue weighted by Crippen LogP contribution is -2.53. The van der Waals surface area contributed by atoms with Crippen molar-refractivity contribution in [1.29, 1.82) is 0 Å². The summed E-state index contributed by atoms with van der Waals surface area (Å²) in [6.07, 6.45) is 83.7.